The van der Waals surface area contributed by atoms with Gasteiger partial charge in [0.15, 0.2) is 0 Å². The monoisotopic (exact) mass is 318 g/mol. The molecule has 1 atom stereocenters. The van der Waals surface area contributed by atoms with Crippen molar-refractivity contribution in [2.75, 3.05) is 0 Å². The van der Waals surface area contributed by atoms with Crippen LogP contribution in [0.3, 0.4) is 0 Å². The van der Waals surface area contributed by atoms with E-state index in [0.717, 1.165) is 25.8 Å². The third-order valence-corrected chi connectivity index (χ3v) is 5.22. The summed E-state index contributed by atoms with van der Waals surface area (Å²) in [4.78, 5) is 12.0. The molecule has 1 amide bonds. The molecule has 3 nitrogen and oxygen atoms in total. The molecular formula is C21H22N2O. The fourth-order valence-electron chi connectivity index (χ4n) is 4.17. The highest BCUT2D eigenvalue weighted by Crippen LogP contribution is 2.40. The molecule has 1 heterocycles. The minimum atomic E-state index is -0.198. The van der Waals surface area contributed by atoms with Crippen LogP contribution >= 0.6 is 0 Å². The lowest BCUT2D eigenvalue weighted by atomic mass is 9.84. The van der Waals surface area contributed by atoms with E-state index in [9.17, 15) is 4.79 Å². The van der Waals surface area contributed by atoms with Gasteiger partial charge in [0.1, 0.15) is 0 Å². The number of hydrogen-bond donors (Lipinski definition) is 1. The topological polar surface area (TPSA) is 48.0 Å². The van der Waals surface area contributed by atoms with Crippen molar-refractivity contribution < 1.29 is 4.79 Å². The fourth-order valence-corrected chi connectivity index (χ4v) is 4.17. The minimum absolute atomic E-state index is 0.157. The van der Waals surface area contributed by atoms with E-state index in [2.05, 4.69) is 54.0 Å². The van der Waals surface area contributed by atoms with E-state index in [1.807, 2.05) is 6.07 Å². The van der Waals surface area contributed by atoms with Gasteiger partial charge in [0.2, 0.25) is 5.91 Å². The van der Waals surface area contributed by atoms with Gasteiger partial charge in [-0.25, -0.2) is 0 Å². The van der Waals surface area contributed by atoms with Crippen molar-refractivity contribution >= 4 is 16.8 Å². The van der Waals surface area contributed by atoms with E-state index < -0.39 is 0 Å². The molecule has 3 heteroatoms. The van der Waals surface area contributed by atoms with Crippen molar-refractivity contribution in [2.24, 2.45) is 5.73 Å². The molecule has 1 aliphatic carbocycles. The number of nitrogens with two attached hydrogens (primary N) is 1. The van der Waals surface area contributed by atoms with Gasteiger partial charge >= 0.3 is 0 Å². The second kappa shape index (κ2) is 5.82. The van der Waals surface area contributed by atoms with Crippen molar-refractivity contribution in [3.05, 3.63) is 70.9 Å². The summed E-state index contributed by atoms with van der Waals surface area (Å²) in [7, 11) is 0. The molecule has 1 aromatic heterocycles. The van der Waals surface area contributed by atoms with Crippen LogP contribution in [0.25, 0.3) is 10.9 Å². The largest absolute Gasteiger partial charge is 0.369 e. The summed E-state index contributed by atoms with van der Waals surface area (Å²) in [6.45, 7) is 2.98. The molecule has 0 radical (unpaired) electrons. The van der Waals surface area contributed by atoms with Gasteiger partial charge in [-0.1, -0.05) is 48.5 Å². The Balaban J connectivity index is 1.97. The molecule has 0 aliphatic heterocycles. The Kier molecular flexibility index (Phi) is 3.64. The Labute approximate surface area is 142 Å². The molecule has 122 valence electrons. The summed E-state index contributed by atoms with van der Waals surface area (Å²) < 4.78 is 2.41. The zero-order valence-electron chi connectivity index (χ0n) is 14.0. The molecule has 0 saturated heterocycles. The van der Waals surface area contributed by atoms with Crippen LogP contribution in [0.15, 0.2) is 48.5 Å². The van der Waals surface area contributed by atoms with E-state index in [-0.39, 0.29) is 11.8 Å². The summed E-state index contributed by atoms with van der Waals surface area (Å²) in [5.41, 5.74) is 12.0. The summed E-state index contributed by atoms with van der Waals surface area (Å²) >= 11 is 0. The molecule has 0 bridgehead atoms. The number of carbonyl (C=O) groups excluding carboxylic acids is 1. The number of carbonyl (C=O) groups is 1. The molecule has 0 fully saturated rings. The van der Waals surface area contributed by atoms with E-state index in [4.69, 9.17) is 5.73 Å². The third kappa shape index (κ3) is 2.32. The average molecular weight is 318 g/mol. The highest BCUT2D eigenvalue weighted by Gasteiger charge is 2.31. The summed E-state index contributed by atoms with van der Waals surface area (Å²) in [5, 5.41) is 1.20. The summed E-state index contributed by atoms with van der Waals surface area (Å²) in [6, 6.07) is 16.9. The Morgan fingerprint density at radius 3 is 2.71 bits per heavy atom. The predicted octanol–water partition coefficient (Wildman–Crippen LogP) is 3.90. The van der Waals surface area contributed by atoms with Gasteiger partial charge in [0, 0.05) is 17.6 Å². The van der Waals surface area contributed by atoms with Crippen LogP contribution in [0.5, 0.6) is 0 Å². The van der Waals surface area contributed by atoms with Gasteiger partial charge in [-0.2, -0.15) is 0 Å². The SMILES string of the molecule is Cc1cccc2c3c(n(Cc4ccccc4)c12)CCCC3C(N)=O. The number of primary amides is 1. The molecule has 1 unspecified atom stereocenters. The predicted molar refractivity (Wildman–Crippen MR) is 97.1 cm³/mol. The summed E-state index contributed by atoms with van der Waals surface area (Å²) in [5.74, 6) is -0.355. The van der Waals surface area contributed by atoms with Gasteiger partial charge in [-0.05, 0) is 42.9 Å². The standard InChI is InChI=1S/C21H22N2O/c1-14-7-5-10-16-19-17(21(22)24)11-6-12-18(19)23(20(14)16)13-15-8-3-2-4-9-15/h2-5,7-10,17H,6,11-13H2,1H3,(H2,22,24). The first kappa shape index (κ1) is 15.0. The highest BCUT2D eigenvalue weighted by atomic mass is 16.1. The number of fused-ring (bicyclic) bond motifs is 3. The molecule has 2 N–H and O–H groups in total. The lowest BCUT2D eigenvalue weighted by Gasteiger charge is -2.22. The van der Waals surface area contributed by atoms with Gasteiger partial charge in [-0.15, -0.1) is 0 Å². The van der Waals surface area contributed by atoms with Crippen molar-refractivity contribution in [3.63, 3.8) is 0 Å². The van der Waals surface area contributed by atoms with Crippen LogP contribution < -0.4 is 5.73 Å². The smallest absolute Gasteiger partial charge is 0.225 e. The van der Waals surface area contributed by atoms with Crippen molar-refractivity contribution in [1.29, 1.82) is 0 Å². The van der Waals surface area contributed by atoms with E-state index >= 15 is 0 Å². The number of amides is 1. The van der Waals surface area contributed by atoms with Gasteiger partial charge in [0.25, 0.3) is 0 Å². The van der Waals surface area contributed by atoms with Crippen LogP contribution in [0.1, 0.15) is 41.1 Å². The zero-order valence-corrected chi connectivity index (χ0v) is 14.0. The molecule has 24 heavy (non-hydrogen) atoms. The van der Waals surface area contributed by atoms with Crippen LogP contribution in [-0.4, -0.2) is 10.5 Å². The van der Waals surface area contributed by atoms with Crippen molar-refractivity contribution in [3.8, 4) is 0 Å². The minimum Gasteiger partial charge on any atom is -0.369 e. The highest BCUT2D eigenvalue weighted by molar-refractivity contribution is 5.94. The second-order valence-electron chi connectivity index (χ2n) is 6.75. The quantitative estimate of drug-likeness (QED) is 0.782. The molecule has 2 aromatic carbocycles. The van der Waals surface area contributed by atoms with E-state index in [1.54, 1.807) is 0 Å². The van der Waals surface area contributed by atoms with E-state index in [1.165, 1.54) is 33.3 Å². The van der Waals surface area contributed by atoms with E-state index in [0.29, 0.717) is 0 Å². The molecule has 3 aromatic rings. The van der Waals surface area contributed by atoms with Gasteiger partial charge in [0.05, 0.1) is 11.4 Å². The number of benzene rings is 2. The first-order chi connectivity index (χ1) is 11.7. The number of para-hydroxylation sites is 1. The lowest BCUT2D eigenvalue weighted by molar-refractivity contribution is -0.119. The molecule has 4 rings (SSSR count). The Morgan fingerprint density at radius 2 is 1.96 bits per heavy atom. The maximum Gasteiger partial charge on any atom is 0.225 e. The summed E-state index contributed by atoms with van der Waals surface area (Å²) in [6.07, 6.45) is 2.89. The van der Waals surface area contributed by atoms with Crippen LogP contribution in [0.2, 0.25) is 0 Å². The fraction of sp³-hybridized carbons (Fsp3) is 0.286. The molecule has 0 saturated carbocycles. The number of rotatable bonds is 3. The maximum atomic E-state index is 12.0. The number of aromatic nitrogens is 1. The Morgan fingerprint density at radius 1 is 1.17 bits per heavy atom. The number of aryl methyl sites for hydroxylation is 1. The van der Waals surface area contributed by atoms with Crippen LogP contribution in [-0.2, 0) is 17.8 Å². The van der Waals surface area contributed by atoms with Crippen molar-refractivity contribution in [1.82, 2.24) is 4.57 Å². The molecule has 0 spiro atoms. The second-order valence-corrected chi connectivity index (χ2v) is 6.75. The van der Waals surface area contributed by atoms with Gasteiger partial charge in [-0.3, -0.25) is 4.79 Å². The molecular weight excluding hydrogens is 296 g/mol. The average Bonchev–Trinajstić information content (AvgIpc) is 2.91. The van der Waals surface area contributed by atoms with Gasteiger partial charge < -0.3 is 10.3 Å². The first-order valence-electron chi connectivity index (χ1n) is 8.60. The number of hydrogen-bond acceptors (Lipinski definition) is 1. The normalized spacial score (nSPS) is 17.0. The first-order valence-corrected chi connectivity index (χ1v) is 8.60. The lowest BCUT2D eigenvalue weighted by Crippen LogP contribution is -2.25. The third-order valence-electron chi connectivity index (χ3n) is 5.22. The number of nitrogens with zero attached hydrogens (tertiary/aromatic N) is 1. The Hall–Kier alpha value is -2.55. The Bertz CT molecular complexity index is 908. The van der Waals surface area contributed by atoms with Crippen LogP contribution in [0, 0.1) is 6.92 Å². The van der Waals surface area contributed by atoms with Crippen molar-refractivity contribution in [2.45, 2.75) is 38.6 Å². The molecule has 1 aliphatic rings. The maximum absolute atomic E-state index is 12.0. The zero-order chi connectivity index (χ0) is 16.7. The van der Waals surface area contributed by atoms with Crippen LogP contribution in [0.4, 0.5) is 0 Å².